The van der Waals surface area contributed by atoms with E-state index in [0.717, 1.165) is 13.1 Å². The third-order valence-electron chi connectivity index (χ3n) is 5.07. The van der Waals surface area contributed by atoms with E-state index in [1.54, 1.807) is 23.9 Å². The van der Waals surface area contributed by atoms with Gasteiger partial charge in [0.15, 0.2) is 0 Å². The standard InChI is InChI=1S/C18H23N5O3/c1-13-4-5-15(12-16(13)23(25)26)14(2)21-17(24)18(6-9-19-10-7-18)22-11-3-8-20-22/h3-5,8,11-12,14,19H,6-7,9-10H2,1-2H3,(H,21,24). The average molecular weight is 357 g/mol. The molecule has 8 heteroatoms. The zero-order chi connectivity index (χ0) is 18.7. The highest BCUT2D eigenvalue weighted by molar-refractivity contribution is 5.85. The summed E-state index contributed by atoms with van der Waals surface area (Å²) in [6, 6.07) is 6.52. The quantitative estimate of drug-likeness (QED) is 0.630. The lowest BCUT2D eigenvalue weighted by molar-refractivity contribution is -0.385. The molecule has 1 aromatic carbocycles. The third kappa shape index (κ3) is 3.32. The Morgan fingerprint density at radius 1 is 1.42 bits per heavy atom. The first-order valence-electron chi connectivity index (χ1n) is 8.71. The van der Waals surface area contributed by atoms with Crippen molar-refractivity contribution in [1.29, 1.82) is 0 Å². The molecule has 1 unspecified atom stereocenters. The van der Waals surface area contributed by atoms with Crippen LogP contribution in [0, 0.1) is 17.0 Å². The van der Waals surface area contributed by atoms with Crippen molar-refractivity contribution in [3.63, 3.8) is 0 Å². The van der Waals surface area contributed by atoms with Crippen LogP contribution in [-0.2, 0) is 10.3 Å². The molecule has 1 atom stereocenters. The average Bonchev–Trinajstić information content (AvgIpc) is 3.17. The fourth-order valence-corrected chi connectivity index (χ4v) is 3.43. The molecule has 138 valence electrons. The van der Waals surface area contributed by atoms with Crippen LogP contribution in [0.3, 0.4) is 0 Å². The number of nitrogens with one attached hydrogen (secondary N) is 2. The van der Waals surface area contributed by atoms with Gasteiger partial charge in [-0.15, -0.1) is 0 Å². The maximum atomic E-state index is 13.2. The number of hydrogen-bond acceptors (Lipinski definition) is 5. The van der Waals surface area contributed by atoms with E-state index in [0.29, 0.717) is 24.0 Å². The number of piperidine rings is 1. The van der Waals surface area contributed by atoms with Crippen molar-refractivity contribution in [1.82, 2.24) is 20.4 Å². The molecule has 1 aliphatic rings. The lowest BCUT2D eigenvalue weighted by Gasteiger charge is -2.37. The smallest absolute Gasteiger partial charge is 0.272 e. The molecule has 26 heavy (non-hydrogen) atoms. The van der Waals surface area contributed by atoms with E-state index >= 15 is 0 Å². The highest BCUT2D eigenvalue weighted by atomic mass is 16.6. The fraction of sp³-hybridized carbons (Fsp3) is 0.444. The summed E-state index contributed by atoms with van der Waals surface area (Å²) in [5.41, 5.74) is 0.635. The minimum absolute atomic E-state index is 0.0623. The van der Waals surface area contributed by atoms with Crippen LogP contribution >= 0.6 is 0 Å². The van der Waals surface area contributed by atoms with Gasteiger partial charge in [-0.1, -0.05) is 12.1 Å². The van der Waals surface area contributed by atoms with Crippen LogP contribution in [-0.4, -0.2) is 33.7 Å². The molecule has 1 aliphatic heterocycles. The fourth-order valence-electron chi connectivity index (χ4n) is 3.43. The normalized spacial score (nSPS) is 17.5. The van der Waals surface area contributed by atoms with Crippen LogP contribution in [0.1, 0.15) is 36.9 Å². The Labute approximate surface area is 151 Å². The molecule has 0 aliphatic carbocycles. The van der Waals surface area contributed by atoms with Crippen LogP contribution in [0.2, 0.25) is 0 Å². The summed E-state index contributed by atoms with van der Waals surface area (Å²) in [6.45, 7) is 5.01. The molecule has 0 bridgehead atoms. The molecule has 8 nitrogen and oxygen atoms in total. The zero-order valence-electron chi connectivity index (χ0n) is 14.9. The number of nitrogens with zero attached hydrogens (tertiary/aromatic N) is 3. The number of rotatable bonds is 5. The summed E-state index contributed by atoms with van der Waals surface area (Å²) >= 11 is 0. The van der Waals surface area contributed by atoms with E-state index < -0.39 is 10.5 Å². The molecule has 0 spiro atoms. The molecule has 1 aromatic heterocycles. The van der Waals surface area contributed by atoms with E-state index in [4.69, 9.17) is 0 Å². The lowest BCUT2D eigenvalue weighted by atomic mass is 9.87. The van der Waals surface area contributed by atoms with Crippen molar-refractivity contribution < 1.29 is 9.72 Å². The monoisotopic (exact) mass is 357 g/mol. The van der Waals surface area contributed by atoms with Gasteiger partial charge in [0.05, 0.1) is 11.0 Å². The number of carbonyl (C=O) groups is 1. The molecule has 3 rings (SSSR count). The van der Waals surface area contributed by atoms with Crippen LogP contribution in [0.4, 0.5) is 5.69 Å². The van der Waals surface area contributed by atoms with Gasteiger partial charge in [-0.3, -0.25) is 19.6 Å². The van der Waals surface area contributed by atoms with Crippen molar-refractivity contribution in [2.24, 2.45) is 0 Å². The van der Waals surface area contributed by atoms with Gasteiger partial charge in [0.25, 0.3) is 5.69 Å². The van der Waals surface area contributed by atoms with Gasteiger partial charge in [-0.25, -0.2) is 0 Å². The Balaban J connectivity index is 1.84. The number of benzene rings is 1. The first-order chi connectivity index (χ1) is 12.4. The van der Waals surface area contributed by atoms with Crippen LogP contribution in [0.5, 0.6) is 0 Å². The van der Waals surface area contributed by atoms with Crippen molar-refractivity contribution in [2.45, 2.75) is 38.3 Å². The molecule has 1 fully saturated rings. The Morgan fingerprint density at radius 2 is 2.15 bits per heavy atom. The molecule has 2 aromatic rings. The highest BCUT2D eigenvalue weighted by Crippen LogP contribution is 2.29. The van der Waals surface area contributed by atoms with Gasteiger partial charge < -0.3 is 10.6 Å². The molecule has 1 saturated heterocycles. The minimum Gasteiger partial charge on any atom is -0.347 e. The summed E-state index contributed by atoms with van der Waals surface area (Å²) < 4.78 is 1.73. The van der Waals surface area contributed by atoms with Crippen LogP contribution in [0.25, 0.3) is 0 Å². The second-order valence-corrected chi connectivity index (χ2v) is 6.73. The molecule has 0 saturated carbocycles. The van der Waals surface area contributed by atoms with Gasteiger partial charge in [0, 0.05) is 24.0 Å². The second kappa shape index (κ2) is 7.25. The molecule has 2 heterocycles. The largest absolute Gasteiger partial charge is 0.347 e. The van der Waals surface area contributed by atoms with Crippen molar-refractivity contribution in [3.8, 4) is 0 Å². The van der Waals surface area contributed by atoms with Crippen molar-refractivity contribution >= 4 is 11.6 Å². The molecule has 2 N–H and O–H groups in total. The first kappa shape index (κ1) is 18.1. The SMILES string of the molecule is Cc1ccc(C(C)NC(=O)C2(n3cccn3)CCNCC2)cc1[N+](=O)[O-]. The maximum absolute atomic E-state index is 13.2. The lowest BCUT2D eigenvalue weighted by Crippen LogP contribution is -2.55. The van der Waals surface area contributed by atoms with Gasteiger partial charge >= 0.3 is 0 Å². The molecule has 0 radical (unpaired) electrons. The molecule has 1 amide bonds. The number of carbonyl (C=O) groups excluding carboxylic acids is 1. The zero-order valence-corrected chi connectivity index (χ0v) is 14.9. The van der Waals surface area contributed by atoms with Crippen molar-refractivity contribution in [2.75, 3.05) is 13.1 Å². The number of aryl methyl sites for hydroxylation is 1. The van der Waals surface area contributed by atoms with Crippen LogP contribution < -0.4 is 10.6 Å². The highest BCUT2D eigenvalue weighted by Gasteiger charge is 2.42. The maximum Gasteiger partial charge on any atom is 0.272 e. The number of amides is 1. The van der Waals surface area contributed by atoms with E-state index in [1.165, 1.54) is 6.07 Å². The van der Waals surface area contributed by atoms with E-state index in [9.17, 15) is 14.9 Å². The summed E-state index contributed by atoms with van der Waals surface area (Å²) in [5, 5.41) is 21.8. The number of nitro benzene ring substituents is 1. The Bertz CT molecular complexity index is 797. The predicted octanol–water partition coefficient (Wildman–Crippen LogP) is 2.06. The second-order valence-electron chi connectivity index (χ2n) is 6.73. The summed E-state index contributed by atoms with van der Waals surface area (Å²) in [5.74, 6) is -0.113. The Kier molecular flexibility index (Phi) is 5.03. The van der Waals surface area contributed by atoms with E-state index in [1.807, 2.05) is 25.3 Å². The molecular weight excluding hydrogens is 334 g/mol. The molecular formula is C18H23N5O3. The third-order valence-corrected chi connectivity index (χ3v) is 5.07. The minimum atomic E-state index is -0.736. The number of hydrogen-bond donors (Lipinski definition) is 2. The van der Waals surface area contributed by atoms with E-state index in [2.05, 4.69) is 15.7 Å². The summed E-state index contributed by atoms with van der Waals surface area (Å²) in [7, 11) is 0. The number of aromatic nitrogens is 2. The topological polar surface area (TPSA) is 102 Å². The summed E-state index contributed by atoms with van der Waals surface area (Å²) in [6.07, 6.45) is 4.76. The first-order valence-corrected chi connectivity index (χ1v) is 8.71. The summed E-state index contributed by atoms with van der Waals surface area (Å²) in [4.78, 5) is 23.9. The Hall–Kier alpha value is -2.74. The van der Waals surface area contributed by atoms with Crippen molar-refractivity contribution in [3.05, 3.63) is 57.9 Å². The van der Waals surface area contributed by atoms with E-state index in [-0.39, 0.29) is 17.6 Å². The predicted molar refractivity (Wildman–Crippen MR) is 96.7 cm³/mol. The van der Waals surface area contributed by atoms with Gasteiger partial charge in [-0.2, -0.15) is 5.10 Å². The Morgan fingerprint density at radius 3 is 2.77 bits per heavy atom. The van der Waals surface area contributed by atoms with Gasteiger partial charge in [0.1, 0.15) is 5.54 Å². The van der Waals surface area contributed by atoms with Crippen LogP contribution in [0.15, 0.2) is 36.7 Å². The van der Waals surface area contributed by atoms with Gasteiger partial charge in [0.2, 0.25) is 5.91 Å². The van der Waals surface area contributed by atoms with Gasteiger partial charge in [-0.05, 0) is 51.4 Å². The number of nitro groups is 1.